The van der Waals surface area contributed by atoms with Crippen LogP contribution in [0.3, 0.4) is 0 Å². The van der Waals surface area contributed by atoms with E-state index in [9.17, 15) is 4.79 Å². The summed E-state index contributed by atoms with van der Waals surface area (Å²) in [5.74, 6) is 0.893. The number of carbonyl (C=O) groups is 1. The Morgan fingerprint density at radius 2 is 1.88 bits per heavy atom. The van der Waals surface area contributed by atoms with Gasteiger partial charge in [-0.2, -0.15) is 0 Å². The maximum atomic E-state index is 12.8. The van der Waals surface area contributed by atoms with Gasteiger partial charge in [0, 0.05) is 31.9 Å². The third-order valence-corrected chi connectivity index (χ3v) is 7.05. The molecule has 1 fully saturated rings. The highest BCUT2D eigenvalue weighted by atomic mass is 16.6. The van der Waals surface area contributed by atoms with Crippen LogP contribution in [-0.4, -0.2) is 54.3 Å². The van der Waals surface area contributed by atoms with E-state index in [1.54, 1.807) is 4.90 Å². The number of aryl methyl sites for hydroxylation is 1. The number of ether oxygens (including phenoxy) is 1. The lowest BCUT2D eigenvalue weighted by molar-refractivity contribution is 0.0273. The molecule has 0 atom stereocenters. The van der Waals surface area contributed by atoms with Crippen molar-refractivity contribution in [2.75, 3.05) is 42.9 Å². The summed E-state index contributed by atoms with van der Waals surface area (Å²) < 4.78 is 5.65. The van der Waals surface area contributed by atoms with E-state index in [4.69, 9.17) is 9.72 Å². The minimum absolute atomic E-state index is 0.263. The third-order valence-electron chi connectivity index (χ3n) is 7.05. The quantitative estimate of drug-likeness (QED) is 0.336. The molecular weight excluding hydrogens is 498 g/mol. The number of hydrogen-bond donors (Lipinski definition) is 2. The molecule has 7 nitrogen and oxygen atoms in total. The summed E-state index contributed by atoms with van der Waals surface area (Å²) in [6.45, 7) is 17.6. The molecule has 1 amide bonds. The molecule has 1 saturated heterocycles. The number of hydrogen-bond acceptors (Lipinski definition) is 6. The van der Waals surface area contributed by atoms with Crippen molar-refractivity contribution in [3.63, 3.8) is 0 Å². The topological polar surface area (TPSA) is 83.7 Å². The molecule has 0 bridgehead atoms. The second-order valence-corrected chi connectivity index (χ2v) is 11.6. The van der Waals surface area contributed by atoms with Gasteiger partial charge in [0.25, 0.3) is 0 Å². The number of aromatic nitrogens is 1. The van der Waals surface area contributed by atoms with Gasteiger partial charge in [-0.1, -0.05) is 38.5 Å². The second kappa shape index (κ2) is 14.8. The third kappa shape index (κ3) is 9.04. The molecule has 4 rings (SSSR count). The number of carbonyl (C=O) groups excluding carboxylic acids is 1. The SMILES string of the molecule is C=CN.CCCCCNc1cc(-c2cc(N3CCCC3)ccc2C)cc(C2=CCCN(C(=O)OC(C)(C)C)C2)n1. The fraction of sp³-hybridized carbons (Fsp3) is 0.515. The second-order valence-electron chi connectivity index (χ2n) is 11.6. The van der Waals surface area contributed by atoms with E-state index in [0.717, 1.165) is 55.1 Å². The van der Waals surface area contributed by atoms with Gasteiger partial charge in [0.05, 0.1) is 12.2 Å². The molecule has 0 aliphatic carbocycles. The average Bonchev–Trinajstić information content (AvgIpc) is 3.46. The highest BCUT2D eigenvalue weighted by Crippen LogP contribution is 2.33. The van der Waals surface area contributed by atoms with Crippen molar-refractivity contribution < 1.29 is 9.53 Å². The number of rotatable bonds is 8. The van der Waals surface area contributed by atoms with E-state index >= 15 is 0 Å². The average molecular weight is 548 g/mol. The lowest BCUT2D eigenvalue weighted by atomic mass is 9.97. The summed E-state index contributed by atoms with van der Waals surface area (Å²) in [7, 11) is 0. The zero-order valence-electron chi connectivity index (χ0n) is 25.3. The van der Waals surface area contributed by atoms with Gasteiger partial charge >= 0.3 is 6.09 Å². The van der Waals surface area contributed by atoms with Crippen LogP contribution < -0.4 is 16.0 Å². The molecule has 2 aliphatic rings. The van der Waals surface area contributed by atoms with Crippen molar-refractivity contribution in [1.29, 1.82) is 0 Å². The number of nitrogens with zero attached hydrogens (tertiary/aromatic N) is 3. The van der Waals surface area contributed by atoms with Crippen molar-refractivity contribution in [3.8, 4) is 11.1 Å². The lowest BCUT2D eigenvalue weighted by Gasteiger charge is -2.30. The van der Waals surface area contributed by atoms with Crippen LogP contribution in [0.15, 0.2) is 49.2 Å². The lowest BCUT2D eigenvalue weighted by Crippen LogP contribution is -2.39. The van der Waals surface area contributed by atoms with E-state index in [1.807, 2.05) is 20.8 Å². The molecule has 0 radical (unpaired) electrons. The number of nitrogens with two attached hydrogens (primary N) is 1. The summed E-state index contributed by atoms with van der Waals surface area (Å²) in [6.07, 6.45) is 10.0. The van der Waals surface area contributed by atoms with Crippen molar-refractivity contribution in [3.05, 3.63) is 60.4 Å². The maximum absolute atomic E-state index is 12.8. The van der Waals surface area contributed by atoms with Crippen LogP contribution >= 0.6 is 0 Å². The van der Waals surface area contributed by atoms with E-state index < -0.39 is 5.60 Å². The molecule has 2 aliphatic heterocycles. The Bertz CT molecular complexity index is 1160. The molecule has 40 heavy (non-hydrogen) atoms. The van der Waals surface area contributed by atoms with E-state index in [1.165, 1.54) is 48.7 Å². The number of pyridine rings is 1. The van der Waals surface area contributed by atoms with Crippen molar-refractivity contribution >= 4 is 23.2 Å². The monoisotopic (exact) mass is 547 g/mol. The van der Waals surface area contributed by atoms with Crippen LogP contribution in [0.5, 0.6) is 0 Å². The summed E-state index contributed by atoms with van der Waals surface area (Å²) in [5, 5.41) is 3.57. The summed E-state index contributed by atoms with van der Waals surface area (Å²) in [6, 6.07) is 11.2. The van der Waals surface area contributed by atoms with Crippen LogP contribution in [0.1, 0.15) is 77.5 Å². The molecular formula is C33H49N5O2. The highest BCUT2D eigenvalue weighted by Gasteiger charge is 2.25. The first-order valence-corrected chi connectivity index (χ1v) is 14.8. The van der Waals surface area contributed by atoms with Gasteiger partial charge in [0.15, 0.2) is 0 Å². The Morgan fingerprint density at radius 1 is 1.15 bits per heavy atom. The normalized spacial score (nSPS) is 15.2. The van der Waals surface area contributed by atoms with Gasteiger partial charge in [-0.05, 0) is 106 Å². The molecule has 3 N–H and O–H groups in total. The molecule has 7 heteroatoms. The molecule has 218 valence electrons. The molecule has 0 spiro atoms. The zero-order valence-corrected chi connectivity index (χ0v) is 25.3. The fourth-order valence-corrected chi connectivity index (χ4v) is 5.04. The van der Waals surface area contributed by atoms with Crippen molar-refractivity contribution in [1.82, 2.24) is 9.88 Å². The molecule has 1 aromatic heterocycles. The van der Waals surface area contributed by atoms with Crippen molar-refractivity contribution in [2.24, 2.45) is 5.73 Å². The predicted octanol–water partition coefficient (Wildman–Crippen LogP) is 7.37. The van der Waals surface area contributed by atoms with Crippen molar-refractivity contribution in [2.45, 2.75) is 78.7 Å². The minimum atomic E-state index is -0.510. The number of amides is 1. The van der Waals surface area contributed by atoms with E-state index in [-0.39, 0.29) is 6.09 Å². The first-order chi connectivity index (χ1) is 19.1. The van der Waals surface area contributed by atoms with Crippen LogP contribution in [-0.2, 0) is 4.74 Å². The minimum Gasteiger partial charge on any atom is -0.444 e. The van der Waals surface area contributed by atoms with Gasteiger partial charge in [-0.3, -0.25) is 0 Å². The van der Waals surface area contributed by atoms with Crippen LogP contribution in [0, 0.1) is 6.92 Å². The number of nitrogens with one attached hydrogen (secondary N) is 1. The predicted molar refractivity (Wildman–Crippen MR) is 169 cm³/mol. The van der Waals surface area contributed by atoms with Gasteiger partial charge < -0.3 is 25.6 Å². The van der Waals surface area contributed by atoms with Crippen LogP contribution in [0.4, 0.5) is 16.3 Å². The first kappa shape index (κ1) is 31.1. The Hall–Kier alpha value is -3.48. The van der Waals surface area contributed by atoms with Gasteiger partial charge in [0.1, 0.15) is 11.4 Å². The van der Waals surface area contributed by atoms with E-state index in [0.29, 0.717) is 13.1 Å². The Balaban J connectivity index is 0.00000141. The Morgan fingerprint density at radius 3 is 2.55 bits per heavy atom. The number of anilines is 2. The molecule has 1 aromatic carbocycles. The zero-order chi connectivity index (χ0) is 29.1. The van der Waals surface area contributed by atoms with Crippen LogP contribution in [0.2, 0.25) is 0 Å². The Labute approximate surface area is 241 Å². The summed E-state index contributed by atoms with van der Waals surface area (Å²) >= 11 is 0. The van der Waals surface area contributed by atoms with Crippen LogP contribution in [0.25, 0.3) is 16.7 Å². The van der Waals surface area contributed by atoms with Gasteiger partial charge in [-0.15, -0.1) is 0 Å². The van der Waals surface area contributed by atoms with Gasteiger partial charge in [-0.25, -0.2) is 9.78 Å². The molecule has 0 unspecified atom stereocenters. The standard InChI is InChI=1S/C31H44N4O2.C2H5N/c1-6-7-8-15-32-29-20-25(27-21-26(14-13-23(27)2)34-16-9-10-17-34)19-28(33-29)24-12-11-18-35(22-24)30(36)37-31(3,4)5;1-2-3/h12-14,19-21H,6-11,15-18,22H2,1-5H3,(H,32,33);2H,1,3H2. The molecule has 0 saturated carbocycles. The molecule has 2 aromatic rings. The first-order valence-electron chi connectivity index (χ1n) is 14.8. The highest BCUT2D eigenvalue weighted by molar-refractivity contribution is 5.79. The van der Waals surface area contributed by atoms with Gasteiger partial charge in [0.2, 0.25) is 0 Å². The smallest absolute Gasteiger partial charge is 0.410 e. The maximum Gasteiger partial charge on any atom is 0.410 e. The largest absolute Gasteiger partial charge is 0.444 e. The summed E-state index contributed by atoms with van der Waals surface area (Å²) in [4.78, 5) is 22.1. The van der Waals surface area contributed by atoms with E-state index in [2.05, 4.69) is 72.8 Å². The summed E-state index contributed by atoms with van der Waals surface area (Å²) in [5.41, 5.74) is 11.1. The number of benzene rings is 1. The fourth-order valence-electron chi connectivity index (χ4n) is 5.04. The Kier molecular flexibility index (Phi) is 11.5. The molecule has 3 heterocycles. The number of unbranched alkanes of at least 4 members (excludes halogenated alkanes) is 2.